The summed E-state index contributed by atoms with van der Waals surface area (Å²) in [6.45, 7) is 4.85. The zero-order valence-corrected chi connectivity index (χ0v) is 32.3. The quantitative estimate of drug-likeness (QED) is 0.180. The zero-order chi connectivity index (χ0) is 37.1. The molecule has 4 aromatic heterocycles. The fourth-order valence-electron chi connectivity index (χ4n) is 10.9. The van der Waals surface area contributed by atoms with Crippen molar-refractivity contribution in [1.29, 1.82) is 0 Å². The first-order chi connectivity index (χ1) is 27.5. The van der Waals surface area contributed by atoms with Crippen LogP contribution in [0.4, 0.5) is 0 Å². The number of nitrogens with zero attached hydrogens (tertiary/aromatic N) is 4. The summed E-state index contributed by atoms with van der Waals surface area (Å²) >= 11 is 1.83. The summed E-state index contributed by atoms with van der Waals surface area (Å²) in [6, 6.07) is 45.4. The smallest absolute Gasteiger partial charge is 0.163 e. The monoisotopic (exact) mass is 744 g/mol. The van der Waals surface area contributed by atoms with Crippen molar-refractivity contribution in [3.05, 3.63) is 133 Å². The largest absolute Gasteiger partial charge is 0.454 e. The molecule has 2 aliphatic rings. The van der Waals surface area contributed by atoms with Gasteiger partial charge in [0.2, 0.25) is 0 Å². The summed E-state index contributed by atoms with van der Waals surface area (Å²) in [7, 11) is 0. The van der Waals surface area contributed by atoms with Gasteiger partial charge in [-0.2, -0.15) is 0 Å². The summed E-state index contributed by atoms with van der Waals surface area (Å²) in [5.41, 5.74) is 7.15. The van der Waals surface area contributed by atoms with E-state index in [0.29, 0.717) is 0 Å². The van der Waals surface area contributed by atoms with Gasteiger partial charge in [0.25, 0.3) is 0 Å². The highest BCUT2D eigenvalue weighted by molar-refractivity contribution is 7.27. The van der Waals surface area contributed by atoms with Gasteiger partial charge in [0.1, 0.15) is 11.4 Å². The first kappa shape index (κ1) is 32.4. The molecule has 6 heteroatoms. The van der Waals surface area contributed by atoms with Gasteiger partial charge in [-0.25, -0.2) is 15.0 Å². The zero-order valence-electron chi connectivity index (χ0n) is 31.5. The molecule has 0 N–H and O–H groups in total. The molecule has 5 nitrogen and oxygen atoms in total. The van der Waals surface area contributed by atoms with Gasteiger partial charge in [-0.1, -0.05) is 111 Å². The van der Waals surface area contributed by atoms with Crippen LogP contribution in [-0.2, 0) is 5.41 Å². The molecule has 2 fully saturated rings. The number of hydrogen-bond donors (Lipinski definition) is 0. The number of furan rings is 1. The van der Waals surface area contributed by atoms with Gasteiger partial charge in [0, 0.05) is 53.9 Å². The lowest BCUT2D eigenvalue weighted by Crippen LogP contribution is -2.40. The molecule has 0 amide bonds. The molecule has 0 radical (unpaired) electrons. The summed E-state index contributed by atoms with van der Waals surface area (Å²) < 4.78 is 11.7. The third kappa shape index (κ3) is 4.81. The van der Waals surface area contributed by atoms with Crippen LogP contribution in [0.15, 0.2) is 132 Å². The molecule has 0 spiro atoms. The summed E-state index contributed by atoms with van der Waals surface area (Å²) in [5.74, 6) is 4.67. The Labute approximate surface area is 328 Å². The average molecular weight is 745 g/mol. The third-order valence-electron chi connectivity index (χ3n) is 12.9. The minimum absolute atomic E-state index is 0.0952. The lowest BCUT2D eigenvalue weighted by molar-refractivity contribution is 0.0857. The second-order valence-corrected chi connectivity index (χ2v) is 18.0. The molecular weight excluding hydrogens is 705 g/mol. The van der Waals surface area contributed by atoms with Crippen molar-refractivity contribution in [2.75, 3.05) is 0 Å². The van der Waals surface area contributed by atoms with Crippen molar-refractivity contribution in [3.63, 3.8) is 0 Å². The fraction of sp³-hybridized carbons (Fsp3) is 0.220. The number of para-hydroxylation sites is 2. The van der Waals surface area contributed by atoms with Crippen LogP contribution in [0.5, 0.6) is 0 Å². The minimum Gasteiger partial charge on any atom is -0.454 e. The van der Waals surface area contributed by atoms with Crippen LogP contribution >= 0.6 is 11.3 Å². The van der Waals surface area contributed by atoms with E-state index in [0.717, 1.165) is 97.9 Å². The van der Waals surface area contributed by atoms with Crippen LogP contribution in [0, 0.1) is 17.8 Å². The van der Waals surface area contributed by atoms with E-state index in [-0.39, 0.29) is 5.41 Å². The Morgan fingerprint density at radius 1 is 0.643 bits per heavy atom. The highest BCUT2D eigenvalue weighted by Crippen LogP contribution is 2.52. The number of fused-ring (bicyclic) bond motifs is 14. The predicted molar refractivity (Wildman–Crippen MR) is 232 cm³/mol. The van der Waals surface area contributed by atoms with Crippen molar-refractivity contribution < 1.29 is 4.42 Å². The van der Waals surface area contributed by atoms with Crippen molar-refractivity contribution in [2.45, 2.75) is 51.4 Å². The van der Waals surface area contributed by atoms with E-state index < -0.39 is 0 Å². The van der Waals surface area contributed by atoms with Crippen LogP contribution in [-0.4, -0.2) is 19.5 Å². The van der Waals surface area contributed by atoms with Crippen LogP contribution in [0.2, 0.25) is 0 Å². The van der Waals surface area contributed by atoms with E-state index in [1.54, 1.807) is 0 Å². The van der Waals surface area contributed by atoms with Gasteiger partial charge in [0.15, 0.2) is 17.2 Å². The van der Waals surface area contributed by atoms with Crippen molar-refractivity contribution in [2.24, 2.45) is 17.8 Å². The lowest BCUT2D eigenvalue weighted by atomic mass is 9.59. The first-order valence-electron chi connectivity index (χ1n) is 20.1. The molecule has 2 bridgehead atoms. The molecule has 12 rings (SSSR count). The van der Waals surface area contributed by atoms with Crippen molar-refractivity contribution in [3.8, 4) is 28.5 Å². The molecular formula is C50H40N4OS. The average Bonchev–Trinajstić information content (AvgIpc) is 3.90. The van der Waals surface area contributed by atoms with Crippen LogP contribution in [0.1, 0.15) is 51.8 Å². The Hall–Kier alpha value is -5.85. The Morgan fingerprint density at radius 2 is 1.32 bits per heavy atom. The molecule has 2 unspecified atom stereocenters. The van der Waals surface area contributed by atoms with Gasteiger partial charge in [-0.3, -0.25) is 0 Å². The van der Waals surface area contributed by atoms with E-state index >= 15 is 0 Å². The van der Waals surface area contributed by atoms with Crippen LogP contribution in [0.25, 0.3) is 92.4 Å². The molecule has 10 aromatic rings. The summed E-state index contributed by atoms with van der Waals surface area (Å²) in [4.78, 5) is 16.0. The highest BCUT2D eigenvalue weighted by atomic mass is 32.1. The SMILES string of the molecule is CC1CC2CC(C1)CC(C)(c1nc(-c3ccccc3)nc(-c3cccc(-n4c5ccccc5c5c6c7ccccc7sc6c6oc7ccccc7c6c54)c3)n1)C2. The summed E-state index contributed by atoms with van der Waals surface area (Å²) in [5, 5.41) is 7.28. The maximum absolute atomic E-state index is 6.82. The van der Waals surface area contributed by atoms with E-state index in [2.05, 4.69) is 146 Å². The van der Waals surface area contributed by atoms with Gasteiger partial charge in [-0.05, 0) is 80.2 Å². The molecule has 4 heterocycles. The Balaban J connectivity index is 1.12. The first-order valence-corrected chi connectivity index (χ1v) is 20.9. The normalized spacial score (nSPS) is 21.3. The molecule has 0 saturated heterocycles. The second-order valence-electron chi connectivity index (χ2n) is 16.9. The highest BCUT2D eigenvalue weighted by Gasteiger charge is 2.44. The van der Waals surface area contributed by atoms with E-state index in [9.17, 15) is 0 Å². The molecule has 2 aliphatic carbocycles. The Kier molecular flexibility index (Phi) is 6.99. The fourth-order valence-corrected chi connectivity index (χ4v) is 12.1. The standard InChI is InChI=1S/C50H40N4OS/c1-29-23-30-25-31(24-29)28-50(2,27-30)49-52-47(32-13-4-3-5-14-32)51-48(53-49)33-15-12-16-34(26-33)54-38-20-9-6-17-35(38)41-42-37-19-8-11-22-40(37)56-46(42)45-43(44(41)54)36-18-7-10-21-39(36)55-45/h3-22,26,29-31H,23-25,27-28H2,1-2H3. The van der Waals surface area contributed by atoms with E-state index in [1.165, 1.54) is 50.2 Å². The van der Waals surface area contributed by atoms with E-state index in [4.69, 9.17) is 19.4 Å². The lowest BCUT2D eigenvalue weighted by Gasteiger charge is -2.46. The van der Waals surface area contributed by atoms with Crippen LogP contribution in [0.3, 0.4) is 0 Å². The Morgan fingerprint density at radius 3 is 2.14 bits per heavy atom. The third-order valence-corrected chi connectivity index (χ3v) is 14.1. The van der Waals surface area contributed by atoms with Gasteiger partial charge in [-0.15, -0.1) is 11.3 Å². The molecule has 56 heavy (non-hydrogen) atoms. The number of rotatable bonds is 4. The molecule has 0 aliphatic heterocycles. The van der Waals surface area contributed by atoms with Crippen LogP contribution < -0.4 is 0 Å². The maximum atomic E-state index is 6.82. The predicted octanol–water partition coefficient (Wildman–Crippen LogP) is 13.7. The van der Waals surface area contributed by atoms with Crippen molar-refractivity contribution in [1.82, 2.24) is 19.5 Å². The van der Waals surface area contributed by atoms with Gasteiger partial charge < -0.3 is 8.98 Å². The number of aromatic nitrogens is 4. The molecule has 2 atom stereocenters. The topological polar surface area (TPSA) is 56.7 Å². The number of hydrogen-bond acceptors (Lipinski definition) is 5. The van der Waals surface area contributed by atoms with Crippen molar-refractivity contribution >= 4 is 75.3 Å². The summed E-state index contributed by atoms with van der Waals surface area (Å²) in [6.07, 6.45) is 6.23. The maximum Gasteiger partial charge on any atom is 0.163 e. The number of benzene rings is 6. The second kappa shape index (κ2) is 12.1. The Bertz CT molecular complexity index is 3170. The molecule has 2 saturated carbocycles. The van der Waals surface area contributed by atoms with Gasteiger partial charge >= 0.3 is 0 Å². The number of thiophene rings is 1. The van der Waals surface area contributed by atoms with E-state index in [1.807, 2.05) is 11.3 Å². The van der Waals surface area contributed by atoms with Gasteiger partial charge in [0.05, 0.1) is 21.1 Å². The minimum atomic E-state index is -0.0952. The molecule has 6 aromatic carbocycles. The molecule has 272 valence electrons.